The number of benzene rings is 2. The van der Waals surface area contributed by atoms with Crippen molar-refractivity contribution in [2.45, 2.75) is 33.1 Å². The van der Waals surface area contributed by atoms with Gasteiger partial charge in [-0.05, 0) is 59.9 Å². The van der Waals surface area contributed by atoms with Crippen LogP contribution >= 0.6 is 0 Å². The van der Waals surface area contributed by atoms with Gasteiger partial charge in [0.05, 0.1) is 12.8 Å². The molecule has 0 unspecified atom stereocenters. The van der Waals surface area contributed by atoms with E-state index in [0.717, 1.165) is 11.3 Å². The number of hydrazone groups is 1. The normalized spacial score (nSPS) is 11.5. The highest BCUT2D eigenvalue weighted by molar-refractivity contribution is 5.94. The number of amides is 1. The molecule has 0 saturated carbocycles. The molecule has 2 aromatic carbocycles. The fourth-order valence-corrected chi connectivity index (χ4v) is 2.17. The minimum absolute atomic E-state index is 0.0702. The van der Waals surface area contributed by atoms with Crippen molar-refractivity contribution in [2.75, 3.05) is 6.61 Å². The number of nitrogens with one attached hydrogen (secondary N) is 1. The van der Waals surface area contributed by atoms with Gasteiger partial charge in [0.15, 0.2) is 0 Å². The molecule has 0 atom stereocenters. The molecule has 0 bridgehead atoms. The minimum Gasteiger partial charge on any atom is -0.494 e. The van der Waals surface area contributed by atoms with E-state index in [4.69, 9.17) is 4.74 Å². The van der Waals surface area contributed by atoms with Crippen molar-refractivity contribution in [3.05, 3.63) is 65.2 Å². The first-order chi connectivity index (χ1) is 11.4. The highest BCUT2D eigenvalue weighted by atomic mass is 16.5. The van der Waals surface area contributed by atoms with Gasteiger partial charge >= 0.3 is 0 Å². The van der Waals surface area contributed by atoms with Crippen LogP contribution in [-0.4, -0.2) is 18.7 Å². The van der Waals surface area contributed by atoms with Crippen LogP contribution in [0.1, 0.15) is 49.2 Å². The van der Waals surface area contributed by atoms with Crippen LogP contribution in [0.3, 0.4) is 0 Å². The van der Waals surface area contributed by atoms with Gasteiger partial charge in [-0.15, -0.1) is 0 Å². The summed E-state index contributed by atoms with van der Waals surface area (Å²) in [6.07, 6.45) is 1.61. The largest absolute Gasteiger partial charge is 0.494 e. The molecule has 1 amide bonds. The van der Waals surface area contributed by atoms with Crippen LogP contribution in [0.15, 0.2) is 53.6 Å². The van der Waals surface area contributed by atoms with Crippen LogP contribution < -0.4 is 10.2 Å². The lowest BCUT2D eigenvalue weighted by molar-refractivity contribution is 0.0955. The summed E-state index contributed by atoms with van der Waals surface area (Å²) in [6, 6.07) is 15.1. The molecule has 0 aliphatic heterocycles. The summed E-state index contributed by atoms with van der Waals surface area (Å²) >= 11 is 0. The predicted molar refractivity (Wildman–Crippen MR) is 97.8 cm³/mol. The van der Waals surface area contributed by atoms with Gasteiger partial charge in [-0.2, -0.15) is 5.10 Å². The van der Waals surface area contributed by atoms with E-state index in [1.54, 1.807) is 6.21 Å². The van der Waals surface area contributed by atoms with Gasteiger partial charge in [-0.25, -0.2) is 5.43 Å². The van der Waals surface area contributed by atoms with Gasteiger partial charge in [0, 0.05) is 5.56 Å². The third-order valence-corrected chi connectivity index (χ3v) is 3.58. The van der Waals surface area contributed by atoms with E-state index in [0.29, 0.717) is 12.2 Å². The standard InChI is InChI=1S/C20H24N2O2/c1-5-24-18-12-6-15(7-13-18)14-21-22-19(23)16-8-10-17(11-9-16)20(2,3)4/h6-14H,5H2,1-4H3,(H,22,23)/b21-14+. The van der Waals surface area contributed by atoms with Crippen molar-refractivity contribution in [3.8, 4) is 5.75 Å². The van der Waals surface area contributed by atoms with E-state index >= 15 is 0 Å². The first-order valence-electron chi connectivity index (χ1n) is 8.07. The molecule has 0 aromatic heterocycles. The molecule has 0 heterocycles. The maximum absolute atomic E-state index is 12.1. The van der Waals surface area contributed by atoms with Crippen LogP contribution in [-0.2, 0) is 5.41 Å². The zero-order chi connectivity index (χ0) is 17.6. The molecule has 0 aliphatic carbocycles. The summed E-state index contributed by atoms with van der Waals surface area (Å²) in [5, 5.41) is 4.00. The van der Waals surface area contributed by atoms with Crippen molar-refractivity contribution in [2.24, 2.45) is 5.10 Å². The Labute approximate surface area is 143 Å². The molecule has 2 aromatic rings. The van der Waals surface area contributed by atoms with Crippen LogP contribution in [0, 0.1) is 0 Å². The second-order valence-corrected chi connectivity index (χ2v) is 6.53. The van der Waals surface area contributed by atoms with Crippen LogP contribution in [0.25, 0.3) is 0 Å². The van der Waals surface area contributed by atoms with Gasteiger partial charge in [-0.1, -0.05) is 32.9 Å². The Morgan fingerprint density at radius 1 is 1.08 bits per heavy atom. The number of hydrogen-bond acceptors (Lipinski definition) is 3. The van der Waals surface area contributed by atoms with E-state index in [2.05, 4.69) is 31.3 Å². The fraction of sp³-hybridized carbons (Fsp3) is 0.300. The maximum atomic E-state index is 12.1. The highest BCUT2D eigenvalue weighted by Gasteiger charge is 2.14. The molecule has 126 valence electrons. The molecular weight excluding hydrogens is 300 g/mol. The lowest BCUT2D eigenvalue weighted by Gasteiger charge is -2.18. The molecule has 0 radical (unpaired) electrons. The molecule has 24 heavy (non-hydrogen) atoms. The molecule has 4 heteroatoms. The Kier molecular flexibility index (Phi) is 5.74. The van der Waals surface area contributed by atoms with E-state index in [-0.39, 0.29) is 11.3 Å². The monoisotopic (exact) mass is 324 g/mol. The van der Waals surface area contributed by atoms with E-state index < -0.39 is 0 Å². The number of rotatable bonds is 5. The van der Waals surface area contributed by atoms with Crippen LogP contribution in [0.4, 0.5) is 0 Å². The molecule has 0 fully saturated rings. The number of ether oxygens (including phenoxy) is 1. The summed E-state index contributed by atoms with van der Waals surface area (Å²) in [6.45, 7) is 9.01. The summed E-state index contributed by atoms with van der Waals surface area (Å²) in [5.41, 5.74) is 5.29. The SMILES string of the molecule is CCOc1ccc(/C=N/NC(=O)c2ccc(C(C)(C)C)cc2)cc1. The Balaban J connectivity index is 1.94. The quantitative estimate of drug-likeness (QED) is 0.663. The number of carbonyl (C=O) groups is 1. The number of nitrogens with zero attached hydrogens (tertiary/aromatic N) is 1. The first kappa shape index (κ1) is 17.7. The van der Waals surface area contributed by atoms with E-state index in [9.17, 15) is 4.79 Å². The Morgan fingerprint density at radius 2 is 1.71 bits per heavy atom. The molecule has 4 nitrogen and oxygen atoms in total. The van der Waals surface area contributed by atoms with Gasteiger partial charge in [0.1, 0.15) is 5.75 Å². The van der Waals surface area contributed by atoms with Gasteiger partial charge in [0.25, 0.3) is 5.91 Å². The molecule has 1 N–H and O–H groups in total. The van der Waals surface area contributed by atoms with Crippen LogP contribution in [0.5, 0.6) is 5.75 Å². The third-order valence-electron chi connectivity index (χ3n) is 3.58. The smallest absolute Gasteiger partial charge is 0.271 e. The second-order valence-electron chi connectivity index (χ2n) is 6.53. The summed E-state index contributed by atoms with van der Waals surface area (Å²) < 4.78 is 5.38. The average Bonchev–Trinajstić information content (AvgIpc) is 2.56. The third kappa shape index (κ3) is 4.95. The Hall–Kier alpha value is -2.62. The Morgan fingerprint density at radius 3 is 2.25 bits per heavy atom. The lowest BCUT2D eigenvalue weighted by Crippen LogP contribution is -2.18. The number of carbonyl (C=O) groups excluding carboxylic acids is 1. The molecule has 0 saturated heterocycles. The molecule has 0 spiro atoms. The van der Waals surface area contributed by atoms with Crippen molar-refractivity contribution in [1.82, 2.24) is 5.43 Å². The molecule has 0 aliphatic rings. The zero-order valence-electron chi connectivity index (χ0n) is 14.7. The summed E-state index contributed by atoms with van der Waals surface area (Å²) in [7, 11) is 0. The number of hydrogen-bond donors (Lipinski definition) is 1. The second kappa shape index (κ2) is 7.77. The summed E-state index contributed by atoms with van der Waals surface area (Å²) in [4.78, 5) is 12.1. The van der Waals surface area contributed by atoms with Crippen molar-refractivity contribution >= 4 is 12.1 Å². The average molecular weight is 324 g/mol. The maximum Gasteiger partial charge on any atom is 0.271 e. The van der Waals surface area contributed by atoms with E-state index in [1.807, 2.05) is 55.5 Å². The lowest BCUT2D eigenvalue weighted by atomic mass is 9.87. The topological polar surface area (TPSA) is 50.7 Å². The van der Waals surface area contributed by atoms with Gasteiger partial charge in [0.2, 0.25) is 0 Å². The Bertz CT molecular complexity index is 696. The van der Waals surface area contributed by atoms with Gasteiger partial charge in [-0.3, -0.25) is 4.79 Å². The minimum atomic E-state index is -0.224. The van der Waals surface area contributed by atoms with Crippen LogP contribution in [0.2, 0.25) is 0 Å². The highest BCUT2D eigenvalue weighted by Crippen LogP contribution is 2.22. The van der Waals surface area contributed by atoms with Gasteiger partial charge < -0.3 is 4.74 Å². The van der Waals surface area contributed by atoms with Crippen molar-refractivity contribution < 1.29 is 9.53 Å². The molecule has 2 rings (SSSR count). The van der Waals surface area contributed by atoms with E-state index in [1.165, 1.54) is 5.56 Å². The fourth-order valence-electron chi connectivity index (χ4n) is 2.17. The van der Waals surface area contributed by atoms with Crippen molar-refractivity contribution in [1.29, 1.82) is 0 Å². The predicted octanol–water partition coefficient (Wildman–Crippen LogP) is 4.15. The molecular formula is C20H24N2O2. The zero-order valence-corrected chi connectivity index (χ0v) is 14.7. The first-order valence-corrected chi connectivity index (χ1v) is 8.07. The summed E-state index contributed by atoms with van der Waals surface area (Å²) in [5.74, 6) is 0.593. The van der Waals surface area contributed by atoms with Crippen molar-refractivity contribution in [3.63, 3.8) is 0 Å².